The summed E-state index contributed by atoms with van der Waals surface area (Å²) < 4.78 is 0.878. The topological polar surface area (TPSA) is 32.3 Å². The van der Waals surface area contributed by atoms with Crippen molar-refractivity contribution < 1.29 is 0 Å². The van der Waals surface area contributed by atoms with Crippen molar-refractivity contribution >= 4 is 21.7 Å². The first-order valence-electron chi connectivity index (χ1n) is 6.47. The van der Waals surface area contributed by atoms with Crippen LogP contribution in [-0.4, -0.2) is 47.6 Å². The van der Waals surface area contributed by atoms with Gasteiger partial charge in [0, 0.05) is 37.7 Å². The van der Waals surface area contributed by atoms with Gasteiger partial charge in [-0.05, 0) is 29.9 Å². The SMILES string of the molecule is CC(C)c1nc(Br)cc(N2CCN(C)C(C)C2)n1. The predicted octanol–water partition coefficient (Wildman–Crippen LogP) is 2.50. The first-order valence-corrected chi connectivity index (χ1v) is 7.26. The predicted molar refractivity (Wildman–Crippen MR) is 78.1 cm³/mol. The average molecular weight is 313 g/mol. The van der Waals surface area contributed by atoms with Crippen LogP contribution in [-0.2, 0) is 0 Å². The van der Waals surface area contributed by atoms with E-state index in [4.69, 9.17) is 0 Å². The fourth-order valence-electron chi connectivity index (χ4n) is 2.10. The van der Waals surface area contributed by atoms with Gasteiger partial charge in [0.15, 0.2) is 0 Å². The molecule has 18 heavy (non-hydrogen) atoms. The van der Waals surface area contributed by atoms with Gasteiger partial charge in [-0.2, -0.15) is 0 Å². The quantitative estimate of drug-likeness (QED) is 0.785. The van der Waals surface area contributed by atoms with Crippen molar-refractivity contribution in [1.82, 2.24) is 14.9 Å². The highest BCUT2D eigenvalue weighted by atomic mass is 79.9. The second-order valence-corrected chi connectivity index (χ2v) is 6.15. The Morgan fingerprint density at radius 1 is 1.33 bits per heavy atom. The highest BCUT2D eigenvalue weighted by Gasteiger charge is 2.22. The number of hydrogen-bond acceptors (Lipinski definition) is 4. The molecule has 2 rings (SSSR count). The fourth-order valence-corrected chi connectivity index (χ4v) is 2.49. The molecule has 0 radical (unpaired) electrons. The van der Waals surface area contributed by atoms with Crippen molar-refractivity contribution in [3.8, 4) is 0 Å². The van der Waals surface area contributed by atoms with Crippen molar-refractivity contribution in [2.75, 3.05) is 31.6 Å². The lowest BCUT2D eigenvalue weighted by molar-refractivity contribution is 0.233. The van der Waals surface area contributed by atoms with Crippen molar-refractivity contribution in [2.45, 2.75) is 32.7 Å². The number of aromatic nitrogens is 2. The molecule has 1 atom stereocenters. The zero-order chi connectivity index (χ0) is 13.3. The van der Waals surface area contributed by atoms with E-state index in [1.165, 1.54) is 0 Å². The van der Waals surface area contributed by atoms with Gasteiger partial charge in [-0.15, -0.1) is 0 Å². The minimum absolute atomic E-state index is 0.353. The summed E-state index contributed by atoms with van der Waals surface area (Å²) >= 11 is 3.49. The minimum atomic E-state index is 0.353. The summed E-state index contributed by atoms with van der Waals surface area (Å²) in [5, 5.41) is 0. The highest BCUT2D eigenvalue weighted by molar-refractivity contribution is 9.10. The van der Waals surface area contributed by atoms with Crippen molar-refractivity contribution in [3.63, 3.8) is 0 Å². The van der Waals surface area contributed by atoms with E-state index in [9.17, 15) is 0 Å². The Balaban J connectivity index is 2.23. The Kier molecular flexibility index (Phi) is 4.22. The summed E-state index contributed by atoms with van der Waals surface area (Å²) in [6.07, 6.45) is 0. The zero-order valence-corrected chi connectivity index (χ0v) is 13.1. The largest absolute Gasteiger partial charge is 0.354 e. The second kappa shape index (κ2) is 5.53. The maximum absolute atomic E-state index is 4.68. The Labute approximate surface area is 118 Å². The normalized spacial score (nSPS) is 21.7. The van der Waals surface area contributed by atoms with Crippen LogP contribution in [0.5, 0.6) is 0 Å². The van der Waals surface area contributed by atoms with Crippen LogP contribution in [0.3, 0.4) is 0 Å². The van der Waals surface area contributed by atoms with Crippen LogP contribution in [0.2, 0.25) is 0 Å². The number of likely N-dealkylation sites (N-methyl/N-ethyl adjacent to an activating group) is 1. The van der Waals surface area contributed by atoms with Crippen LogP contribution < -0.4 is 4.90 Å². The van der Waals surface area contributed by atoms with E-state index in [1.54, 1.807) is 0 Å². The van der Waals surface area contributed by atoms with Crippen molar-refractivity contribution in [3.05, 3.63) is 16.5 Å². The van der Waals surface area contributed by atoms with Gasteiger partial charge >= 0.3 is 0 Å². The average Bonchev–Trinajstić information content (AvgIpc) is 2.31. The Hall–Kier alpha value is -0.680. The van der Waals surface area contributed by atoms with Crippen LogP contribution in [0.4, 0.5) is 5.82 Å². The number of piperazine rings is 1. The van der Waals surface area contributed by atoms with E-state index in [2.05, 4.69) is 63.5 Å². The van der Waals surface area contributed by atoms with Crippen molar-refractivity contribution in [1.29, 1.82) is 0 Å². The molecule has 0 N–H and O–H groups in total. The van der Waals surface area contributed by atoms with Gasteiger partial charge < -0.3 is 9.80 Å². The molecule has 0 bridgehead atoms. The van der Waals surface area contributed by atoms with E-state index in [-0.39, 0.29) is 0 Å². The number of rotatable bonds is 2. The van der Waals surface area contributed by atoms with E-state index in [0.717, 1.165) is 35.9 Å². The smallest absolute Gasteiger partial charge is 0.134 e. The second-order valence-electron chi connectivity index (χ2n) is 5.34. The Morgan fingerprint density at radius 2 is 2.06 bits per heavy atom. The molecule has 1 saturated heterocycles. The van der Waals surface area contributed by atoms with Crippen LogP contribution in [0.1, 0.15) is 32.5 Å². The monoisotopic (exact) mass is 312 g/mol. The summed E-state index contributed by atoms with van der Waals surface area (Å²) in [7, 11) is 2.18. The summed E-state index contributed by atoms with van der Waals surface area (Å²) in [4.78, 5) is 13.8. The molecule has 0 aromatic carbocycles. The first kappa shape index (κ1) is 13.7. The molecule has 0 saturated carbocycles. The third-order valence-corrected chi connectivity index (χ3v) is 3.90. The molecule has 1 aliphatic heterocycles. The molecule has 0 spiro atoms. The van der Waals surface area contributed by atoms with E-state index in [1.807, 2.05) is 6.07 Å². The third kappa shape index (κ3) is 3.01. The fraction of sp³-hybridized carbons (Fsp3) is 0.692. The molecule has 1 unspecified atom stereocenters. The number of anilines is 1. The standard InChI is InChI=1S/C13H21BrN4/c1-9(2)13-15-11(14)7-12(16-13)18-6-5-17(4)10(3)8-18/h7,9-10H,5-6,8H2,1-4H3. The number of halogens is 1. The molecule has 2 heterocycles. The van der Waals surface area contributed by atoms with E-state index in [0.29, 0.717) is 12.0 Å². The van der Waals surface area contributed by atoms with Crippen LogP contribution in [0, 0.1) is 0 Å². The molecule has 4 nitrogen and oxygen atoms in total. The van der Waals surface area contributed by atoms with E-state index >= 15 is 0 Å². The lowest BCUT2D eigenvalue weighted by atomic mass is 10.2. The summed E-state index contributed by atoms with van der Waals surface area (Å²) in [6, 6.07) is 2.58. The summed E-state index contributed by atoms with van der Waals surface area (Å²) in [5.74, 6) is 2.30. The molecular formula is C13H21BrN4. The molecule has 1 aromatic rings. The number of hydrogen-bond donors (Lipinski definition) is 0. The maximum atomic E-state index is 4.68. The molecular weight excluding hydrogens is 292 g/mol. The summed E-state index contributed by atoms with van der Waals surface area (Å²) in [5.41, 5.74) is 0. The van der Waals surface area contributed by atoms with E-state index < -0.39 is 0 Å². The Morgan fingerprint density at radius 3 is 2.67 bits per heavy atom. The molecule has 1 aromatic heterocycles. The van der Waals surface area contributed by atoms with Crippen LogP contribution in [0.25, 0.3) is 0 Å². The zero-order valence-electron chi connectivity index (χ0n) is 11.5. The van der Waals surface area contributed by atoms with Gasteiger partial charge in [0.1, 0.15) is 16.2 Å². The van der Waals surface area contributed by atoms with Crippen LogP contribution >= 0.6 is 15.9 Å². The van der Waals surface area contributed by atoms with Gasteiger partial charge in [0.25, 0.3) is 0 Å². The van der Waals surface area contributed by atoms with Crippen molar-refractivity contribution in [2.24, 2.45) is 0 Å². The number of nitrogens with zero attached hydrogens (tertiary/aromatic N) is 4. The molecule has 0 aliphatic carbocycles. The molecule has 1 aliphatic rings. The van der Waals surface area contributed by atoms with Gasteiger partial charge in [-0.3, -0.25) is 0 Å². The highest BCUT2D eigenvalue weighted by Crippen LogP contribution is 2.22. The lowest BCUT2D eigenvalue weighted by Crippen LogP contribution is -2.50. The molecule has 5 heteroatoms. The lowest BCUT2D eigenvalue weighted by Gasteiger charge is -2.38. The summed E-state index contributed by atoms with van der Waals surface area (Å²) in [6.45, 7) is 9.64. The minimum Gasteiger partial charge on any atom is -0.354 e. The van der Waals surface area contributed by atoms with Gasteiger partial charge in [-0.1, -0.05) is 13.8 Å². The maximum Gasteiger partial charge on any atom is 0.134 e. The third-order valence-electron chi connectivity index (χ3n) is 3.50. The van der Waals surface area contributed by atoms with Gasteiger partial charge in [0.2, 0.25) is 0 Å². The first-order chi connectivity index (χ1) is 8.47. The van der Waals surface area contributed by atoms with Gasteiger partial charge in [-0.25, -0.2) is 9.97 Å². The van der Waals surface area contributed by atoms with Gasteiger partial charge in [0.05, 0.1) is 0 Å². The molecule has 1 fully saturated rings. The molecule has 0 amide bonds. The van der Waals surface area contributed by atoms with Crippen LogP contribution in [0.15, 0.2) is 10.7 Å². The Bertz CT molecular complexity index is 421. The molecule has 100 valence electrons.